The van der Waals surface area contributed by atoms with E-state index < -0.39 is 5.82 Å². The summed E-state index contributed by atoms with van der Waals surface area (Å²) in [4.78, 5) is 6.15. The highest BCUT2D eigenvalue weighted by atomic mass is 32.1. The first-order chi connectivity index (χ1) is 11.1. The maximum absolute atomic E-state index is 13.6. The van der Waals surface area contributed by atoms with Crippen LogP contribution in [0.15, 0.2) is 18.3 Å². The summed E-state index contributed by atoms with van der Waals surface area (Å²) in [6.07, 6.45) is 3.00. The molecule has 2 aliphatic rings. The van der Waals surface area contributed by atoms with Crippen LogP contribution in [-0.4, -0.2) is 46.6 Å². The molecule has 0 aliphatic carbocycles. The van der Waals surface area contributed by atoms with Crippen molar-refractivity contribution in [3.05, 3.63) is 29.2 Å². The van der Waals surface area contributed by atoms with Crippen LogP contribution in [0.1, 0.15) is 17.8 Å². The summed E-state index contributed by atoms with van der Waals surface area (Å²) in [5, 5.41) is 10.2. The first-order valence-corrected chi connectivity index (χ1v) is 8.41. The summed E-state index contributed by atoms with van der Waals surface area (Å²) >= 11 is 1.59. The molecule has 122 valence electrons. The van der Waals surface area contributed by atoms with Gasteiger partial charge in [0, 0.05) is 25.7 Å². The fraction of sp³-hybridized carbons (Fsp3) is 0.533. The van der Waals surface area contributed by atoms with Crippen LogP contribution in [0.3, 0.4) is 0 Å². The van der Waals surface area contributed by atoms with Crippen molar-refractivity contribution in [1.82, 2.24) is 15.2 Å². The number of nitrogens with zero attached hydrogens (tertiary/aromatic N) is 4. The Labute approximate surface area is 137 Å². The van der Waals surface area contributed by atoms with Gasteiger partial charge in [0.2, 0.25) is 5.13 Å². The van der Waals surface area contributed by atoms with E-state index in [1.807, 2.05) is 6.92 Å². The molecule has 0 saturated carbocycles. The summed E-state index contributed by atoms with van der Waals surface area (Å²) < 4.78 is 25.4. The lowest BCUT2D eigenvalue weighted by Gasteiger charge is -2.22. The van der Waals surface area contributed by atoms with Crippen LogP contribution in [0, 0.1) is 12.7 Å². The van der Waals surface area contributed by atoms with Crippen LogP contribution in [0.4, 0.5) is 9.52 Å². The fourth-order valence-electron chi connectivity index (χ4n) is 3.20. The van der Waals surface area contributed by atoms with Crippen molar-refractivity contribution < 1.29 is 13.9 Å². The van der Waals surface area contributed by atoms with Crippen molar-refractivity contribution in [3.8, 4) is 5.88 Å². The maximum Gasteiger partial charge on any atom is 0.250 e. The second-order valence-corrected chi connectivity index (χ2v) is 7.16. The number of rotatable bonds is 3. The molecule has 2 saturated heterocycles. The van der Waals surface area contributed by atoms with Crippen molar-refractivity contribution in [3.63, 3.8) is 0 Å². The summed E-state index contributed by atoms with van der Waals surface area (Å²) in [5.74, 6) is -0.390. The Morgan fingerprint density at radius 3 is 3.17 bits per heavy atom. The Hall–Kier alpha value is -1.80. The van der Waals surface area contributed by atoms with E-state index >= 15 is 0 Å². The van der Waals surface area contributed by atoms with E-state index in [2.05, 4.69) is 20.1 Å². The zero-order chi connectivity index (χ0) is 15.9. The van der Waals surface area contributed by atoms with Crippen LogP contribution in [0.2, 0.25) is 0 Å². The Balaban J connectivity index is 1.41. The van der Waals surface area contributed by atoms with E-state index in [1.54, 1.807) is 17.4 Å². The molecule has 0 aromatic carbocycles. The smallest absolute Gasteiger partial charge is 0.250 e. The predicted octanol–water partition coefficient (Wildman–Crippen LogP) is 2.20. The molecule has 0 radical (unpaired) electrons. The van der Waals surface area contributed by atoms with Gasteiger partial charge in [0.25, 0.3) is 5.88 Å². The standard InChI is InChI=1S/C15H17FN4O2S/c1-10-18-19-14(23-10)20-6-4-15(9-20)7-11(8-21-15)22-13-12(16)3-2-5-17-13/h2-3,5,11H,4,6-9H2,1H3/t11-,15-/m0/s1. The van der Waals surface area contributed by atoms with Crippen molar-refractivity contribution >= 4 is 16.5 Å². The molecule has 0 N–H and O–H groups in total. The highest BCUT2D eigenvalue weighted by molar-refractivity contribution is 7.15. The van der Waals surface area contributed by atoms with Crippen molar-refractivity contribution in [1.29, 1.82) is 0 Å². The average molecular weight is 336 g/mol. The second kappa shape index (κ2) is 5.68. The number of aryl methyl sites for hydroxylation is 1. The highest BCUT2D eigenvalue weighted by Gasteiger charge is 2.47. The molecule has 2 atom stereocenters. The number of anilines is 1. The third kappa shape index (κ3) is 2.88. The van der Waals surface area contributed by atoms with Crippen molar-refractivity contribution in [2.45, 2.75) is 31.5 Å². The molecule has 1 spiro atoms. The lowest BCUT2D eigenvalue weighted by Crippen LogP contribution is -2.33. The summed E-state index contributed by atoms with van der Waals surface area (Å²) in [6.45, 7) is 4.06. The van der Waals surface area contributed by atoms with Crippen LogP contribution < -0.4 is 9.64 Å². The van der Waals surface area contributed by atoms with Crippen molar-refractivity contribution in [2.24, 2.45) is 0 Å². The molecule has 2 aromatic heterocycles. The van der Waals surface area contributed by atoms with Gasteiger partial charge in [-0.15, -0.1) is 10.2 Å². The molecule has 0 unspecified atom stereocenters. The third-order valence-corrected chi connectivity index (χ3v) is 5.18. The molecule has 4 heterocycles. The van der Waals surface area contributed by atoms with E-state index in [1.165, 1.54) is 12.3 Å². The van der Waals surface area contributed by atoms with Gasteiger partial charge >= 0.3 is 0 Å². The third-order valence-electron chi connectivity index (χ3n) is 4.28. The number of ether oxygens (including phenoxy) is 2. The summed E-state index contributed by atoms with van der Waals surface area (Å²) in [7, 11) is 0. The van der Waals surface area contributed by atoms with Crippen molar-refractivity contribution in [2.75, 3.05) is 24.6 Å². The Kier molecular flexibility index (Phi) is 3.65. The summed E-state index contributed by atoms with van der Waals surface area (Å²) in [5.41, 5.74) is -0.241. The normalized spacial score (nSPS) is 27.0. The fourth-order valence-corrected chi connectivity index (χ4v) is 3.91. The molecule has 23 heavy (non-hydrogen) atoms. The molecule has 4 rings (SSSR count). The molecular weight excluding hydrogens is 319 g/mol. The lowest BCUT2D eigenvalue weighted by molar-refractivity contribution is 0.0193. The number of pyridine rings is 1. The van der Waals surface area contributed by atoms with Gasteiger partial charge in [-0.3, -0.25) is 0 Å². The first-order valence-electron chi connectivity index (χ1n) is 7.60. The van der Waals surface area contributed by atoms with Gasteiger partial charge < -0.3 is 14.4 Å². The number of halogens is 1. The largest absolute Gasteiger partial charge is 0.470 e. The van der Waals surface area contributed by atoms with Gasteiger partial charge in [-0.05, 0) is 25.5 Å². The summed E-state index contributed by atoms with van der Waals surface area (Å²) in [6, 6.07) is 2.90. The Morgan fingerprint density at radius 1 is 1.48 bits per heavy atom. The monoisotopic (exact) mass is 336 g/mol. The first kappa shape index (κ1) is 14.8. The van der Waals surface area contributed by atoms with Crippen LogP contribution in [0.25, 0.3) is 0 Å². The Morgan fingerprint density at radius 2 is 2.39 bits per heavy atom. The van der Waals surface area contributed by atoms with Gasteiger partial charge in [-0.1, -0.05) is 11.3 Å². The van der Waals surface area contributed by atoms with Gasteiger partial charge in [-0.25, -0.2) is 9.37 Å². The van der Waals surface area contributed by atoms with Gasteiger partial charge in [0.05, 0.1) is 12.2 Å². The molecule has 0 bridgehead atoms. The SMILES string of the molecule is Cc1nnc(N2CC[C@]3(C[C@H](Oc4ncccc4F)CO3)C2)s1. The number of hydrogen-bond donors (Lipinski definition) is 0. The second-order valence-electron chi connectivity index (χ2n) is 6.00. The van der Waals surface area contributed by atoms with E-state index in [9.17, 15) is 4.39 Å². The minimum absolute atomic E-state index is 0.0488. The van der Waals surface area contributed by atoms with Crippen LogP contribution >= 0.6 is 11.3 Å². The quantitative estimate of drug-likeness (QED) is 0.856. The lowest BCUT2D eigenvalue weighted by atomic mass is 9.98. The topological polar surface area (TPSA) is 60.4 Å². The molecule has 6 nitrogen and oxygen atoms in total. The zero-order valence-corrected chi connectivity index (χ0v) is 13.6. The molecule has 2 aliphatic heterocycles. The maximum atomic E-state index is 13.6. The van der Waals surface area contributed by atoms with Crippen LogP contribution in [0.5, 0.6) is 5.88 Å². The Bertz CT molecular complexity index is 712. The predicted molar refractivity (Wildman–Crippen MR) is 83.4 cm³/mol. The van der Waals surface area contributed by atoms with Gasteiger partial charge in [0.1, 0.15) is 11.1 Å². The number of aromatic nitrogens is 3. The van der Waals surface area contributed by atoms with Gasteiger partial charge in [0.15, 0.2) is 5.82 Å². The number of hydrogen-bond acceptors (Lipinski definition) is 7. The average Bonchev–Trinajstić information content (AvgIpc) is 3.24. The molecule has 2 fully saturated rings. The molecule has 0 amide bonds. The zero-order valence-electron chi connectivity index (χ0n) is 12.7. The minimum atomic E-state index is -0.439. The van der Waals surface area contributed by atoms with Crippen LogP contribution in [-0.2, 0) is 4.74 Å². The van der Waals surface area contributed by atoms with Gasteiger partial charge in [-0.2, -0.15) is 0 Å². The molecular formula is C15H17FN4O2S. The van der Waals surface area contributed by atoms with E-state index in [0.717, 1.165) is 36.1 Å². The van der Waals surface area contributed by atoms with E-state index in [0.29, 0.717) is 6.61 Å². The van der Waals surface area contributed by atoms with E-state index in [4.69, 9.17) is 9.47 Å². The minimum Gasteiger partial charge on any atom is -0.470 e. The highest BCUT2D eigenvalue weighted by Crippen LogP contribution is 2.38. The molecule has 8 heteroatoms. The van der Waals surface area contributed by atoms with E-state index in [-0.39, 0.29) is 17.6 Å². The molecule has 2 aromatic rings.